The Balaban J connectivity index is 2.05. The van der Waals surface area contributed by atoms with Crippen LogP contribution in [-0.2, 0) is 13.6 Å². The Morgan fingerprint density at radius 2 is 2.05 bits per heavy atom. The number of anilines is 1. The fourth-order valence-electron chi connectivity index (χ4n) is 2.89. The number of aryl methyl sites for hydroxylation is 2. The van der Waals surface area contributed by atoms with E-state index in [0.29, 0.717) is 12.1 Å². The first-order chi connectivity index (χ1) is 10.1. The van der Waals surface area contributed by atoms with E-state index < -0.39 is 0 Å². The van der Waals surface area contributed by atoms with Crippen molar-refractivity contribution < 1.29 is 4.79 Å². The fraction of sp³-hybridized carbons (Fsp3) is 0.375. The Labute approximate surface area is 124 Å². The van der Waals surface area contributed by atoms with Crippen LogP contribution in [0.3, 0.4) is 0 Å². The van der Waals surface area contributed by atoms with E-state index in [4.69, 9.17) is 0 Å². The predicted molar refractivity (Wildman–Crippen MR) is 82.5 cm³/mol. The second-order valence-corrected chi connectivity index (χ2v) is 5.43. The third-order valence-corrected chi connectivity index (χ3v) is 4.08. The number of benzene rings is 1. The van der Waals surface area contributed by atoms with Gasteiger partial charge in [0.2, 0.25) is 0 Å². The molecule has 1 amide bonds. The first-order valence-electron chi connectivity index (χ1n) is 7.20. The van der Waals surface area contributed by atoms with Gasteiger partial charge in [-0.05, 0) is 25.5 Å². The first-order valence-corrected chi connectivity index (χ1v) is 7.20. The summed E-state index contributed by atoms with van der Waals surface area (Å²) < 4.78 is 1.77. The predicted octanol–water partition coefficient (Wildman–Crippen LogP) is 1.79. The van der Waals surface area contributed by atoms with Crippen LogP contribution in [0.25, 0.3) is 0 Å². The van der Waals surface area contributed by atoms with Crippen LogP contribution in [0, 0.1) is 13.8 Å². The Hall–Kier alpha value is -2.14. The van der Waals surface area contributed by atoms with Crippen LogP contribution in [0.15, 0.2) is 24.3 Å². The lowest BCUT2D eigenvalue weighted by molar-refractivity contribution is 0.0986. The summed E-state index contributed by atoms with van der Waals surface area (Å²) in [4.78, 5) is 14.9. The van der Waals surface area contributed by atoms with Gasteiger partial charge >= 0.3 is 0 Å². The topological polar surface area (TPSA) is 50.2 Å². The summed E-state index contributed by atoms with van der Waals surface area (Å²) in [6, 6.07) is 8.07. The van der Waals surface area contributed by atoms with E-state index in [1.807, 2.05) is 44.0 Å². The fourth-order valence-corrected chi connectivity index (χ4v) is 2.89. The van der Waals surface area contributed by atoms with E-state index in [0.717, 1.165) is 35.7 Å². The Morgan fingerprint density at radius 3 is 2.76 bits per heavy atom. The van der Waals surface area contributed by atoms with Crippen LogP contribution in [0.5, 0.6) is 0 Å². The number of hydrogen-bond donors (Lipinski definition) is 1. The van der Waals surface area contributed by atoms with Crippen LogP contribution in [0.1, 0.15) is 27.3 Å². The normalized spacial score (nSPS) is 14.7. The number of hydrogen-bond acceptors (Lipinski definition) is 3. The van der Waals surface area contributed by atoms with Crippen molar-refractivity contribution in [3.05, 3.63) is 46.8 Å². The molecular weight excluding hydrogens is 264 g/mol. The maximum Gasteiger partial charge on any atom is 0.262 e. The molecule has 0 radical (unpaired) electrons. The van der Waals surface area contributed by atoms with Gasteiger partial charge in [0.1, 0.15) is 0 Å². The maximum absolute atomic E-state index is 13.0. The van der Waals surface area contributed by atoms with Gasteiger partial charge in [0.25, 0.3) is 5.91 Å². The summed E-state index contributed by atoms with van der Waals surface area (Å²) in [6.07, 6.45) is 0. The summed E-state index contributed by atoms with van der Waals surface area (Å²) in [6.45, 7) is 6.09. The van der Waals surface area contributed by atoms with Gasteiger partial charge in [-0.2, -0.15) is 5.10 Å². The molecule has 0 saturated carbocycles. The van der Waals surface area contributed by atoms with E-state index in [-0.39, 0.29) is 5.91 Å². The van der Waals surface area contributed by atoms with E-state index in [1.54, 1.807) is 4.68 Å². The van der Waals surface area contributed by atoms with Crippen molar-refractivity contribution in [2.24, 2.45) is 7.05 Å². The average Bonchev–Trinajstić information content (AvgIpc) is 2.66. The standard InChI is InChI=1S/C16H20N4O/c1-11-15(12(2)19(3)18-11)16(21)20-9-8-17-10-13-6-4-5-7-14(13)20/h4-7,17H,8-10H2,1-3H3. The van der Waals surface area contributed by atoms with E-state index in [2.05, 4.69) is 16.5 Å². The van der Waals surface area contributed by atoms with Gasteiger partial charge in [0, 0.05) is 38.1 Å². The van der Waals surface area contributed by atoms with Gasteiger partial charge in [-0.25, -0.2) is 0 Å². The van der Waals surface area contributed by atoms with Crippen molar-refractivity contribution in [2.45, 2.75) is 20.4 Å². The zero-order valence-corrected chi connectivity index (χ0v) is 12.7. The van der Waals surface area contributed by atoms with Crippen LogP contribution < -0.4 is 10.2 Å². The molecule has 0 fully saturated rings. The minimum absolute atomic E-state index is 0.0363. The zero-order chi connectivity index (χ0) is 15.0. The number of rotatable bonds is 1. The number of aromatic nitrogens is 2. The molecule has 0 bridgehead atoms. The van der Waals surface area contributed by atoms with Gasteiger partial charge < -0.3 is 10.2 Å². The summed E-state index contributed by atoms with van der Waals surface area (Å²) in [5.74, 6) is 0.0363. The lowest BCUT2D eigenvalue weighted by Crippen LogP contribution is -2.35. The highest BCUT2D eigenvalue weighted by atomic mass is 16.2. The molecule has 1 aliphatic rings. The summed E-state index contributed by atoms with van der Waals surface area (Å²) in [7, 11) is 1.87. The van der Waals surface area contributed by atoms with Crippen molar-refractivity contribution >= 4 is 11.6 Å². The summed E-state index contributed by atoms with van der Waals surface area (Å²) >= 11 is 0. The molecule has 110 valence electrons. The number of carbonyl (C=O) groups excluding carboxylic acids is 1. The summed E-state index contributed by atoms with van der Waals surface area (Å²) in [5.41, 5.74) is 4.56. The molecule has 5 nitrogen and oxygen atoms in total. The van der Waals surface area contributed by atoms with Gasteiger partial charge in [0.05, 0.1) is 11.3 Å². The average molecular weight is 284 g/mol. The van der Waals surface area contributed by atoms with Crippen LogP contribution in [0.4, 0.5) is 5.69 Å². The number of nitrogens with zero attached hydrogens (tertiary/aromatic N) is 3. The Morgan fingerprint density at radius 1 is 1.29 bits per heavy atom. The quantitative estimate of drug-likeness (QED) is 0.868. The number of nitrogens with one attached hydrogen (secondary N) is 1. The molecule has 2 aromatic rings. The smallest absolute Gasteiger partial charge is 0.262 e. The van der Waals surface area contributed by atoms with Crippen molar-refractivity contribution in [1.82, 2.24) is 15.1 Å². The number of carbonyl (C=O) groups is 1. The molecule has 1 aliphatic heterocycles. The minimum Gasteiger partial charge on any atom is -0.311 e. The van der Waals surface area contributed by atoms with Gasteiger partial charge in [-0.1, -0.05) is 18.2 Å². The SMILES string of the molecule is Cc1nn(C)c(C)c1C(=O)N1CCNCc2ccccc21. The van der Waals surface area contributed by atoms with Crippen LogP contribution in [-0.4, -0.2) is 28.8 Å². The molecule has 0 unspecified atom stereocenters. The van der Waals surface area contributed by atoms with Crippen molar-refractivity contribution in [3.63, 3.8) is 0 Å². The molecule has 0 aliphatic carbocycles. The zero-order valence-electron chi connectivity index (χ0n) is 12.7. The van der Waals surface area contributed by atoms with Gasteiger partial charge in [-0.15, -0.1) is 0 Å². The van der Waals surface area contributed by atoms with Gasteiger partial charge in [-0.3, -0.25) is 9.48 Å². The Kier molecular flexibility index (Phi) is 3.51. The van der Waals surface area contributed by atoms with Crippen molar-refractivity contribution in [2.75, 3.05) is 18.0 Å². The van der Waals surface area contributed by atoms with Crippen LogP contribution >= 0.6 is 0 Å². The molecule has 21 heavy (non-hydrogen) atoms. The molecule has 1 aromatic heterocycles. The minimum atomic E-state index is 0.0363. The Bertz CT molecular complexity index is 690. The van der Waals surface area contributed by atoms with E-state index in [1.165, 1.54) is 0 Å². The van der Waals surface area contributed by atoms with Crippen molar-refractivity contribution in [3.8, 4) is 0 Å². The largest absolute Gasteiger partial charge is 0.311 e. The number of para-hydroxylation sites is 1. The highest BCUT2D eigenvalue weighted by molar-refractivity contribution is 6.08. The maximum atomic E-state index is 13.0. The molecule has 5 heteroatoms. The molecule has 3 rings (SSSR count). The lowest BCUT2D eigenvalue weighted by atomic mass is 10.1. The van der Waals surface area contributed by atoms with Crippen LogP contribution in [0.2, 0.25) is 0 Å². The van der Waals surface area contributed by atoms with E-state index >= 15 is 0 Å². The molecule has 2 heterocycles. The number of amides is 1. The third-order valence-electron chi connectivity index (χ3n) is 4.08. The molecule has 0 saturated heterocycles. The molecule has 1 N–H and O–H groups in total. The number of fused-ring (bicyclic) bond motifs is 1. The lowest BCUT2D eigenvalue weighted by Gasteiger charge is -2.22. The monoisotopic (exact) mass is 284 g/mol. The molecule has 0 spiro atoms. The highest BCUT2D eigenvalue weighted by Gasteiger charge is 2.26. The molecule has 1 aromatic carbocycles. The molecular formula is C16H20N4O. The third kappa shape index (κ3) is 2.34. The second-order valence-electron chi connectivity index (χ2n) is 5.43. The van der Waals surface area contributed by atoms with Crippen molar-refractivity contribution in [1.29, 1.82) is 0 Å². The highest BCUT2D eigenvalue weighted by Crippen LogP contribution is 2.25. The van der Waals surface area contributed by atoms with E-state index in [9.17, 15) is 4.79 Å². The summed E-state index contributed by atoms with van der Waals surface area (Å²) in [5, 5.41) is 7.72. The first kappa shape index (κ1) is 13.8. The second kappa shape index (κ2) is 5.33. The molecule has 0 atom stereocenters. The van der Waals surface area contributed by atoms with Gasteiger partial charge in [0.15, 0.2) is 0 Å².